The van der Waals surface area contributed by atoms with Crippen molar-refractivity contribution in [2.75, 3.05) is 5.32 Å². The molecule has 0 spiro atoms. The lowest BCUT2D eigenvalue weighted by Gasteiger charge is -2.22. The van der Waals surface area contributed by atoms with E-state index in [4.69, 9.17) is 0 Å². The first-order valence-corrected chi connectivity index (χ1v) is 9.27. The molecule has 2 aromatic carbocycles. The summed E-state index contributed by atoms with van der Waals surface area (Å²) in [5.41, 5.74) is 0.801. The molecule has 8 heteroatoms. The monoisotopic (exact) mass is 372 g/mol. The largest absolute Gasteiger partial charge is 0.324 e. The second-order valence-corrected chi connectivity index (χ2v) is 7.69. The number of Topliss-reactive ketones (excluding diaryl/α,β-unsaturated/α-hetero) is 1. The van der Waals surface area contributed by atoms with E-state index in [1.54, 1.807) is 24.3 Å². The third kappa shape index (κ3) is 2.88. The van der Waals surface area contributed by atoms with E-state index < -0.39 is 27.9 Å². The van der Waals surface area contributed by atoms with Crippen LogP contribution < -0.4 is 5.32 Å². The highest BCUT2D eigenvalue weighted by Gasteiger charge is 2.45. The van der Waals surface area contributed by atoms with Crippen molar-refractivity contribution in [1.29, 1.82) is 0 Å². The van der Waals surface area contributed by atoms with Gasteiger partial charge in [0.05, 0.1) is 5.56 Å². The molecular weight excluding hydrogens is 356 g/mol. The zero-order chi connectivity index (χ0) is 19.1. The standard InChI is InChI=1S/C18H16N2O5S/c1-11(17(22)19-14-7-5-6-13(10-14)12(2)21)20-18(23)15-8-3-4-9-16(15)26(20,24)25/h3-11H,1-2H3,(H,19,22). The predicted octanol–water partition coefficient (Wildman–Crippen LogP) is 2.06. The molecule has 0 radical (unpaired) electrons. The molecule has 0 aromatic heterocycles. The summed E-state index contributed by atoms with van der Waals surface area (Å²) in [5, 5.41) is 2.55. The summed E-state index contributed by atoms with van der Waals surface area (Å²) in [6, 6.07) is 10.9. The Morgan fingerprint density at radius 2 is 1.77 bits per heavy atom. The normalized spacial score (nSPS) is 16.1. The van der Waals surface area contributed by atoms with Gasteiger partial charge in [-0.2, -0.15) is 0 Å². The van der Waals surface area contributed by atoms with Crippen molar-refractivity contribution in [2.45, 2.75) is 24.8 Å². The number of ketones is 1. The molecule has 3 rings (SSSR count). The summed E-state index contributed by atoms with van der Waals surface area (Å²) in [6.07, 6.45) is 0. The fraction of sp³-hybridized carbons (Fsp3) is 0.167. The first-order chi connectivity index (χ1) is 12.2. The van der Waals surface area contributed by atoms with Gasteiger partial charge in [-0.3, -0.25) is 14.4 Å². The fourth-order valence-corrected chi connectivity index (χ4v) is 4.48. The Balaban J connectivity index is 1.87. The van der Waals surface area contributed by atoms with Crippen LogP contribution in [0, 0.1) is 0 Å². The second-order valence-electron chi connectivity index (χ2n) is 5.90. The number of carbonyl (C=O) groups is 3. The van der Waals surface area contributed by atoms with Crippen molar-refractivity contribution in [3.05, 3.63) is 59.7 Å². The molecule has 1 heterocycles. The zero-order valence-corrected chi connectivity index (χ0v) is 14.9. The average Bonchev–Trinajstić information content (AvgIpc) is 2.81. The minimum absolute atomic E-state index is 0.0470. The molecule has 0 aliphatic carbocycles. The number of hydrogen-bond donors (Lipinski definition) is 1. The quantitative estimate of drug-likeness (QED) is 0.828. The van der Waals surface area contributed by atoms with Gasteiger partial charge in [-0.1, -0.05) is 24.3 Å². The van der Waals surface area contributed by atoms with Gasteiger partial charge < -0.3 is 5.32 Å². The second kappa shape index (κ2) is 6.38. The maximum absolute atomic E-state index is 12.6. The molecule has 7 nitrogen and oxygen atoms in total. The van der Waals surface area contributed by atoms with Crippen molar-refractivity contribution in [1.82, 2.24) is 4.31 Å². The predicted molar refractivity (Wildman–Crippen MR) is 94.3 cm³/mol. The van der Waals surface area contributed by atoms with Gasteiger partial charge in [0.15, 0.2) is 5.78 Å². The lowest BCUT2D eigenvalue weighted by atomic mass is 10.1. The molecule has 134 valence electrons. The van der Waals surface area contributed by atoms with E-state index in [-0.39, 0.29) is 16.2 Å². The highest BCUT2D eigenvalue weighted by molar-refractivity contribution is 7.90. The van der Waals surface area contributed by atoms with E-state index in [1.165, 1.54) is 38.1 Å². The molecule has 2 aromatic rings. The lowest BCUT2D eigenvalue weighted by molar-refractivity contribution is -0.118. The molecule has 1 aliphatic heterocycles. The number of sulfonamides is 1. The van der Waals surface area contributed by atoms with Gasteiger partial charge in [-0.05, 0) is 38.1 Å². The Kier molecular flexibility index (Phi) is 4.37. The molecule has 0 saturated heterocycles. The smallest absolute Gasteiger partial charge is 0.269 e. The van der Waals surface area contributed by atoms with Crippen LogP contribution in [0.2, 0.25) is 0 Å². The van der Waals surface area contributed by atoms with Crippen molar-refractivity contribution in [3.63, 3.8) is 0 Å². The summed E-state index contributed by atoms with van der Waals surface area (Å²) in [5.74, 6) is -1.57. The average molecular weight is 372 g/mol. The third-order valence-corrected chi connectivity index (χ3v) is 6.03. The van der Waals surface area contributed by atoms with Crippen LogP contribution in [0.25, 0.3) is 0 Å². The molecule has 0 bridgehead atoms. The molecule has 0 saturated carbocycles. The number of carbonyl (C=O) groups excluding carboxylic acids is 3. The van der Waals surface area contributed by atoms with Gasteiger partial charge in [0.1, 0.15) is 10.9 Å². The van der Waals surface area contributed by atoms with E-state index in [9.17, 15) is 22.8 Å². The summed E-state index contributed by atoms with van der Waals surface area (Å²) in [6.45, 7) is 2.74. The number of nitrogens with one attached hydrogen (secondary N) is 1. The Hall–Kier alpha value is -3.00. The van der Waals surface area contributed by atoms with E-state index in [0.29, 0.717) is 15.6 Å². The number of hydrogen-bond acceptors (Lipinski definition) is 5. The summed E-state index contributed by atoms with van der Waals surface area (Å²) in [4.78, 5) is 36.3. The minimum Gasteiger partial charge on any atom is -0.324 e. The Morgan fingerprint density at radius 1 is 1.08 bits per heavy atom. The van der Waals surface area contributed by atoms with Crippen molar-refractivity contribution >= 4 is 33.3 Å². The lowest BCUT2D eigenvalue weighted by Crippen LogP contribution is -2.45. The molecule has 2 amide bonds. The van der Waals surface area contributed by atoms with E-state index in [1.807, 2.05) is 0 Å². The topological polar surface area (TPSA) is 101 Å². The number of amides is 2. The molecule has 1 N–H and O–H groups in total. The number of anilines is 1. The fourth-order valence-electron chi connectivity index (χ4n) is 2.76. The number of benzene rings is 2. The van der Waals surface area contributed by atoms with Crippen LogP contribution in [0.1, 0.15) is 34.6 Å². The number of fused-ring (bicyclic) bond motifs is 1. The van der Waals surface area contributed by atoms with Crippen LogP contribution >= 0.6 is 0 Å². The number of rotatable bonds is 4. The van der Waals surface area contributed by atoms with Crippen molar-refractivity contribution < 1.29 is 22.8 Å². The van der Waals surface area contributed by atoms with Crippen LogP contribution in [0.5, 0.6) is 0 Å². The molecule has 1 atom stereocenters. The van der Waals surface area contributed by atoms with E-state index in [0.717, 1.165) is 0 Å². The van der Waals surface area contributed by atoms with Crippen LogP contribution in [0.4, 0.5) is 5.69 Å². The molecule has 1 unspecified atom stereocenters. The van der Waals surface area contributed by atoms with Crippen LogP contribution in [0.15, 0.2) is 53.4 Å². The molecule has 0 fully saturated rings. The molecule has 26 heavy (non-hydrogen) atoms. The minimum atomic E-state index is -4.08. The maximum atomic E-state index is 12.6. The molecular formula is C18H16N2O5S. The van der Waals surface area contributed by atoms with Gasteiger partial charge in [-0.25, -0.2) is 12.7 Å². The van der Waals surface area contributed by atoms with Gasteiger partial charge in [-0.15, -0.1) is 0 Å². The van der Waals surface area contributed by atoms with Crippen LogP contribution in [-0.4, -0.2) is 36.4 Å². The number of nitrogens with zero attached hydrogens (tertiary/aromatic N) is 1. The first-order valence-electron chi connectivity index (χ1n) is 7.83. The van der Waals surface area contributed by atoms with Gasteiger partial charge in [0.25, 0.3) is 15.9 Å². The Morgan fingerprint density at radius 3 is 2.42 bits per heavy atom. The summed E-state index contributed by atoms with van der Waals surface area (Å²) in [7, 11) is -4.08. The van der Waals surface area contributed by atoms with E-state index >= 15 is 0 Å². The highest BCUT2D eigenvalue weighted by atomic mass is 32.2. The molecule has 1 aliphatic rings. The van der Waals surface area contributed by atoms with Crippen LogP contribution in [0.3, 0.4) is 0 Å². The zero-order valence-electron chi connectivity index (χ0n) is 14.1. The van der Waals surface area contributed by atoms with E-state index in [2.05, 4.69) is 5.32 Å². The van der Waals surface area contributed by atoms with Gasteiger partial charge >= 0.3 is 0 Å². The first kappa shape index (κ1) is 17.8. The Bertz CT molecular complexity index is 1030. The Labute approximate surface area is 150 Å². The SMILES string of the molecule is CC(=O)c1cccc(NC(=O)C(C)N2C(=O)c3ccccc3S2(=O)=O)c1. The third-order valence-electron chi connectivity index (χ3n) is 4.12. The van der Waals surface area contributed by atoms with Crippen molar-refractivity contribution in [2.24, 2.45) is 0 Å². The summed E-state index contributed by atoms with van der Waals surface area (Å²) >= 11 is 0. The van der Waals surface area contributed by atoms with Crippen molar-refractivity contribution in [3.8, 4) is 0 Å². The summed E-state index contributed by atoms with van der Waals surface area (Å²) < 4.78 is 25.8. The van der Waals surface area contributed by atoms with Crippen LogP contribution in [-0.2, 0) is 14.8 Å². The maximum Gasteiger partial charge on any atom is 0.269 e. The van der Waals surface area contributed by atoms with Gasteiger partial charge in [0, 0.05) is 11.3 Å². The van der Waals surface area contributed by atoms with Gasteiger partial charge in [0.2, 0.25) is 5.91 Å². The highest BCUT2D eigenvalue weighted by Crippen LogP contribution is 2.31.